The summed E-state index contributed by atoms with van der Waals surface area (Å²) in [5, 5.41) is 9.07. The molecule has 0 bridgehead atoms. The third-order valence-corrected chi connectivity index (χ3v) is 3.77. The zero-order valence-corrected chi connectivity index (χ0v) is 11.8. The van der Waals surface area contributed by atoms with Crippen LogP contribution in [0.25, 0.3) is 11.4 Å². The summed E-state index contributed by atoms with van der Waals surface area (Å²) in [7, 11) is 1.99. The summed E-state index contributed by atoms with van der Waals surface area (Å²) >= 11 is 5.80. The summed E-state index contributed by atoms with van der Waals surface area (Å²) < 4.78 is 2.02. The Kier molecular flexibility index (Phi) is 3.14. The molecule has 1 aliphatic heterocycles. The van der Waals surface area contributed by atoms with Crippen LogP contribution in [0.2, 0.25) is 5.15 Å². The Bertz CT molecular complexity index is 577. The number of aromatic nitrogens is 4. The first-order chi connectivity index (χ1) is 9.15. The molecule has 6 heteroatoms. The highest BCUT2D eigenvalue weighted by Gasteiger charge is 2.23. The van der Waals surface area contributed by atoms with Crippen LogP contribution in [0.3, 0.4) is 0 Å². The lowest BCUT2D eigenvalue weighted by Crippen LogP contribution is -2.22. The van der Waals surface area contributed by atoms with Crippen LogP contribution in [0.5, 0.6) is 0 Å². The Labute approximate surface area is 117 Å². The zero-order valence-electron chi connectivity index (χ0n) is 11.0. The van der Waals surface area contributed by atoms with E-state index in [2.05, 4.69) is 27.0 Å². The van der Waals surface area contributed by atoms with Crippen molar-refractivity contribution < 1.29 is 0 Å². The van der Waals surface area contributed by atoms with Gasteiger partial charge in [0.15, 0.2) is 5.82 Å². The van der Waals surface area contributed by atoms with Crippen molar-refractivity contribution in [2.24, 2.45) is 13.0 Å². The Morgan fingerprint density at radius 2 is 2.16 bits per heavy atom. The third-order valence-electron chi connectivity index (χ3n) is 3.54. The molecule has 0 spiro atoms. The van der Waals surface area contributed by atoms with Gasteiger partial charge >= 0.3 is 0 Å². The molecule has 1 aliphatic rings. The summed E-state index contributed by atoms with van der Waals surface area (Å²) in [6.07, 6.45) is 2.94. The number of rotatable bonds is 2. The number of hydrogen-bond donors (Lipinski definition) is 0. The minimum atomic E-state index is 0.486. The fourth-order valence-electron chi connectivity index (χ4n) is 2.47. The smallest absolute Gasteiger partial charge is 0.227 e. The normalized spacial score (nSPS) is 19.1. The lowest BCUT2D eigenvalue weighted by molar-refractivity contribution is 0.656. The zero-order chi connectivity index (χ0) is 13.4. The number of anilines is 1. The summed E-state index contributed by atoms with van der Waals surface area (Å²) in [6.45, 7) is 4.36. The molecule has 0 aromatic carbocycles. The molecule has 2 aromatic rings. The summed E-state index contributed by atoms with van der Waals surface area (Å²) in [6, 6.07) is 3.68. The molecule has 0 saturated carbocycles. The van der Waals surface area contributed by atoms with Gasteiger partial charge in [-0.25, -0.2) is 4.98 Å². The van der Waals surface area contributed by atoms with Gasteiger partial charge in [0.25, 0.3) is 0 Å². The van der Waals surface area contributed by atoms with E-state index in [0.717, 1.165) is 36.3 Å². The second-order valence-corrected chi connectivity index (χ2v) is 5.48. The number of pyridine rings is 1. The molecule has 1 atom stereocenters. The van der Waals surface area contributed by atoms with E-state index in [-0.39, 0.29) is 0 Å². The maximum absolute atomic E-state index is 5.80. The standard InChI is InChI=1S/C13H16ClN5/c1-9-5-6-19(8-9)13-17-16-12(18(13)2)10-3-4-11(14)15-7-10/h3-4,7,9H,5-6,8H2,1-2H3. The van der Waals surface area contributed by atoms with Crippen molar-refractivity contribution in [2.75, 3.05) is 18.0 Å². The Morgan fingerprint density at radius 3 is 2.79 bits per heavy atom. The summed E-state index contributed by atoms with van der Waals surface area (Å²) in [5.74, 6) is 2.46. The van der Waals surface area contributed by atoms with E-state index in [1.54, 1.807) is 12.3 Å². The van der Waals surface area contributed by atoms with Gasteiger partial charge in [0.2, 0.25) is 5.95 Å². The molecule has 5 nitrogen and oxygen atoms in total. The second-order valence-electron chi connectivity index (χ2n) is 5.09. The van der Waals surface area contributed by atoms with Crippen molar-refractivity contribution in [1.29, 1.82) is 0 Å². The minimum Gasteiger partial charge on any atom is -0.341 e. The summed E-state index contributed by atoms with van der Waals surface area (Å²) in [5.41, 5.74) is 0.929. The lowest BCUT2D eigenvalue weighted by atomic mass is 10.2. The molecule has 0 radical (unpaired) electrons. The fraction of sp³-hybridized carbons (Fsp3) is 0.462. The first-order valence-corrected chi connectivity index (χ1v) is 6.79. The predicted molar refractivity (Wildman–Crippen MR) is 75.2 cm³/mol. The largest absolute Gasteiger partial charge is 0.341 e. The van der Waals surface area contributed by atoms with Crippen molar-refractivity contribution in [1.82, 2.24) is 19.7 Å². The van der Waals surface area contributed by atoms with Gasteiger partial charge in [-0.15, -0.1) is 10.2 Å². The third kappa shape index (κ3) is 2.30. The molecule has 100 valence electrons. The molecule has 1 fully saturated rings. The van der Waals surface area contributed by atoms with Crippen molar-refractivity contribution in [3.05, 3.63) is 23.5 Å². The van der Waals surface area contributed by atoms with E-state index in [0.29, 0.717) is 5.15 Å². The van der Waals surface area contributed by atoms with E-state index >= 15 is 0 Å². The van der Waals surface area contributed by atoms with Crippen molar-refractivity contribution in [3.8, 4) is 11.4 Å². The lowest BCUT2D eigenvalue weighted by Gasteiger charge is -2.16. The van der Waals surface area contributed by atoms with Gasteiger partial charge in [-0.3, -0.25) is 4.57 Å². The van der Waals surface area contributed by atoms with Gasteiger partial charge in [0.1, 0.15) is 5.15 Å². The SMILES string of the molecule is CC1CCN(c2nnc(-c3ccc(Cl)nc3)n2C)C1. The molecule has 3 rings (SSSR count). The second kappa shape index (κ2) is 4.81. The topological polar surface area (TPSA) is 46.8 Å². The Balaban J connectivity index is 1.92. The van der Waals surface area contributed by atoms with Crippen LogP contribution in [-0.4, -0.2) is 32.8 Å². The van der Waals surface area contributed by atoms with Gasteiger partial charge in [-0.1, -0.05) is 18.5 Å². The van der Waals surface area contributed by atoms with Gasteiger partial charge in [-0.05, 0) is 24.5 Å². The fourth-order valence-corrected chi connectivity index (χ4v) is 2.58. The average molecular weight is 278 g/mol. The van der Waals surface area contributed by atoms with Crippen LogP contribution in [0.1, 0.15) is 13.3 Å². The van der Waals surface area contributed by atoms with E-state index in [4.69, 9.17) is 11.6 Å². The highest BCUT2D eigenvalue weighted by molar-refractivity contribution is 6.29. The molecule has 1 saturated heterocycles. The van der Waals surface area contributed by atoms with Gasteiger partial charge < -0.3 is 4.90 Å². The van der Waals surface area contributed by atoms with Crippen LogP contribution in [0.15, 0.2) is 18.3 Å². The van der Waals surface area contributed by atoms with Gasteiger partial charge in [-0.2, -0.15) is 0 Å². The summed E-state index contributed by atoms with van der Waals surface area (Å²) in [4.78, 5) is 6.37. The van der Waals surface area contributed by atoms with Crippen molar-refractivity contribution in [2.45, 2.75) is 13.3 Å². The molecule has 0 amide bonds. The minimum absolute atomic E-state index is 0.486. The molecule has 3 heterocycles. The van der Waals surface area contributed by atoms with E-state index in [1.165, 1.54) is 6.42 Å². The van der Waals surface area contributed by atoms with E-state index < -0.39 is 0 Å². The van der Waals surface area contributed by atoms with Crippen LogP contribution in [-0.2, 0) is 7.05 Å². The predicted octanol–water partition coefficient (Wildman–Crippen LogP) is 2.38. The maximum Gasteiger partial charge on any atom is 0.227 e. The first kappa shape index (κ1) is 12.4. The van der Waals surface area contributed by atoms with Crippen LogP contribution in [0.4, 0.5) is 5.95 Å². The van der Waals surface area contributed by atoms with Crippen LogP contribution < -0.4 is 4.90 Å². The molecular weight excluding hydrogens is 262 g/mol. The molecule has 0 aliphatic carbocycles. The molecular formula is C13H16ClN5. The van der Waals surface area contributed by atoms with Gasteiger partial charge in [0.05, 0.1) is 0 Å². The highest BCUT2D eigenvalue weighted by atomic mass is 35.5. The van der Waals surface area contributed by atoms with Crippen LogP contribution in [0, 0.1) is 5.92 Å². The van der Waals surface area contributed by atoms with Crippen LogP contribution >= 0.6 is 11.6 Å². The molecule has 2 aromatic heterocycles. The monoisotopic (exact) mass is 277 g/mol. The van der Waals surface area contributed by atoms with Crippen molar-refractivity contribution >= 4 is 17.5 Å². The molecule has 0 N–H and O–H groups in total. The molecule has 19 heavy (non-hydrogen) atoms. The maximum atomic E-state index is 5.80. The molecule has 1 unspecified atom stereocenters. The number of halogens is 1. The number of hydrogen-bond acceptors (Lipinski definition) is 4. The average Bonchev–Trinajstić information content (AvgIpc) is 2.97. The Morgan fingerprint density at radius 1 is 1.32 bits per heavy atom. The first-order valence-electron chi connectivity index (χ1n) is 6.41. The number of nitrogens with zero attached hydrogens (tertiary/aromatic N) is 5. The highest BCUT2D eigenvalue weighted by Crippen LogP contribution is 2.25. The quantitative estimate of drug-likeness (QED) is 0.791. The van der Waals surface area contributed by atoms with Gasteiger partial charge in [0, 0.05) is 31.9 Å². The van der Waals surface area contributed by atoms with E-state index in [9.17, 15) is 0 Å². The van der Waals surface area contributed by atoms with E-state index in [1.807, 2.05) is 17.7 Å². The Hall–Kier alpha value is -1.62. The van der Waals surface area contributed by atoms with Crippen molar-refractivity contribution in [3.63, 3.8) is 0 Å².